The number of hydrogen-bond donors (Lipinski definition) is 1. The lowest BCUT2D eigenvalue weighted by atomic mass is 9.94. The molecule has 2 nitrogen and oxygen atoms in total. The number of hydrogen-bond acceptors (Lipinski definition) is 2. The van der Waals surface area contributed by atoms with Crippen LogP contribution in [0.25, 0.3) is 0 Å². The Balaban J connectivity index is 2.11. The van der Waals surface area contributed by atoms with Gasteiger partial charge in [0.25, 0.3) is 0 Å². The number of rotatable bonds is 6. The summed E-state index contributed by atoms with van der Waals surface area (Å²) in [4.78, 5) is 0. The summed E-state index contributed by atoms with van der Waals surface area (Å²) < 4.78 is 5.82. The third-order valence-corrected chi connectivity index (χ3v) is 3.85. The van der Waals surface area contributed by atoms with Gasteiger partial charge in [0.1, 0.15) is 5.75 Å². The summed E-state index contributed by atoms with van der Waals surface area (Å²) in [5.41, 5.74) is 3.10. The second-order valence-electron chi connectivity index (χ2n) is 6.46. The molecule has 19 heavy (non-hydrogen) atoms. The van der Waals surface area contributed by atoms with E-state index in [1.165, 1.54) is 24.0 Å². The third-order valence-electron chi connectivity index (χ3n) is 3.85. The molecule has 1 saturated carbocycles. The van der Waals surface area contributed by atoms with Crippen molar-refractivity contribution in [2.24, 2.45) is 0 Å². The van der Waals surface area contributed by atoms with Gasteiger partial charge in [0.2, 0.25) is 0 Å². The van der Waals surface area contributed by atoms with E-state index in [1.54, 1.807) is 0 Å². The predicted molar refractivity (Wildman–Crippen MR) is 81.0 cm³/mol. The smallest absolute Gasteiger partial charge is 0.122 e. The fourth-order valence-corrected chi connectivity index (χ4v) is 2.48. The van der Waals surface area contributed by atoms with Crippen LogP contribution in [-0.4, -0.2) is 18.7 Å². The number of ether oxygens (including phenoxy) is 1. The highest BCUT2D eigenvalue weighted by atomic mass is 16.5. The summed E-state index contributed by atoms with van der Waals surface area (Å²) in [6, 6.07) is 7.26. The Morgan fingerprint density at radius 2 is 1.89 bits per heavy atom. The monoisotopic (exact) mass is 261 g/mol. The van der Waals surface area contributed by atoms with Gasteiger partial charge in [-0.25, -0.2) is 0 Å². The van der Waals surface area contributed by atoms with E-state index in [1.807, 2.05) is 0 Å². The number of benzene rings is 1. The van der Waals surface area contributed by atoms with E-state index >= 15 is 0 Å². The van der Waals surface area contributed by atoms with E-state index in [0.29, 0.717) is 11.5 Å². The maximum atomic E-state index is 5.82. The van der Waals surface area contributed by atoms with Crippen molar-refractivity contribution in [3.05, 3.63) is 29.3 Å². The van der Waals surface area contributed by atoms with Crippen LogP contribution in [0.15, 0.2) is 18.2 Å². The molecule has 0 radical (unpaired) electrons. The van der Waals surface area contributed by atoms with E-state index in [9.17, 15) is 0 Å². The molecular weight excluding hydrogens is 234 g/mol. The minimum absolute atomic E-state index is 0.238. The molecule has 0 spiro atoms. The van der Waals surface area contributed by atoms with Crippen molar-refractivity contribution in [1.82, 2.24) is 5.32 Å². The molecule has 0 atom stereocenters. The molecule has 106 valence electrons. The zero-order valence-corrected chi connectivity index (χ0v) is 12.9. The van der Waals surface area contributed by atoms with Crippen LogP contribution in [0.1, 0.15) is 51.7 Å². The van der Waals surface area contributed by atoms with Crippen molar-refractivity contribution >= 4 is 0 Å². The van der Waals surface area contributed by atoms with Crippen LogP contribution in [0.5, 0.6) is 5.75 Å². The Morgan fingerprint density at radius 1 is 1.21 bits per heavy atom. The van der Waals surface area contributed by atoms with Crippen LogP contribution in [-0.2, 0) is 5.41 Å². The molecule has 2 rings (SSSR count). The van der Waals surface area contributed by atoms with Gasteiger partial charge in [-0.3, -0.25) is 0 Å². The van der Waals surface area contributed by atoms with Crippen LogP contribution in [0.3, 0.4) is 0 Å². The summed E-state index contributed by atoms with van der Waals surface area (Å²) in [5, 5.41) is 3.58. The molecule has 1 aliphatic rings. The second-order valence-corrected chi connectivity index (χ2v) is 6.46. The van der Waals surface area contributed by atoms with Crippen LogP contribution in [0.4, 0.5) is 0 Å². The molecule has 0 saturated heterocycles. The zero-order valence-electron chi connectivity index (χ0n) is 12.9. The summed E-state index contributed by atoms with van der Waals surface area (Å²) in [6.45, 7) is 11.8. The van der Waals surface area contributed by atoms with Crippen molar-refractivity contribution in [1.29, 1.82) is 0 Å². The highest BCUT2D eigenvalue weighted by Gasteiger charge is 2.44. The molecule has 1 fully saturated rings. The molecule has 0 bridgehead atoms. The highest BCUT2D eigenvalue weighted by molar-refractivity contribution is 5.42. The second kappa shape index (κ2) is 5.54. The lowest BCUT2D eigenvalue weighted by molar-refractivity contribution is 0.240. The average molecular weight is 261 g/mol. The molecule has 0 aromatic heterocycles. The van der Waals surface area contributed by atoms with Gasteiger partial charge in [0.05, 0.1) is 6.10 Å². The predicted octanol–water partition coefficient (Wildman–Crippen LogP) is 3.81. The first-order chi connectivity index (χ1) is 8.93. The van der Waals surface area contributed by atoms with Crippen molar-refractivity contribution < 1.29 is 4.74 Å². The molecule has 0 amide bonds. The highest BCUT2D eigenvalue weighted by Crippen LogP contribution is 2.48. The van der Waals surface area contributed by atoms with Gasteiger partial charge < -0.3 is 10.1 Å². The fraction of sp³-hybridized carbons (Fsp3) is 0.647. The maximum absolute atomic E-state index is 5.82. The quantitative estimate of drug-likeness (QED) is 0.840. The maximum Gasteiger partial charge on any atom is 0.122 e. The standard InChI is InChI=1S/C17H27NO/c1-12(2)18-11-17(8-9-17)15-6-7-16(14(5)10-15)19-13(3)4/h6-7,10,12-13,18H,8-9,11H2,1-5H3. The van der Waals surface area contributed by atoms with Crippen molar-refractivity contribution in [2.45, 2.75) is 65.0 Å². The minimum atomic E-state index is 0.238. The molecule has 1 aromatic carbocycles. The zero-order chi connectivity index (χ0) is 14.0. The molecule has 0 heterocycles. The van der Waals surface area contributed by atoms with E-state index in [4.69, 9.17) is 4.74 Å². The molecule has 0 aliphatic heterocycles. The van der Waals surface area contributed by atoms with Gasteiger partial charge in [0, 0.05) is 18.0 Å². The van der Waals surface area contributed by atoms with E-state index in [-0.39, 0.29) is 6.10 Å². The summed E-state index contributed by atoms with van der Waals surface area (Å²) in [5.74, 6) is 1.02. The molecule has 1 aliphatic carbocycles. The van der Waals surface area contributed by atoms with Crippen molar-refractivity contribution in [3.8, 4) is 5.75 Å². The van der Waals surface area contributed by atoms with Gasteiger partial charge in [-0.1, -0.05) is 26.0 Å². The van der Waals surface area contributed by atoms with Crippen LogP contribution in [0, 0.1) is 6.92 Å². The summed E-state index contributed by atoms with van der Waals surface area (Å²) in [6.07, 6.45) is 2.84. The fourth-order valence-electron chi connectivity index (χ4n) is 2.48. The van der Waals surface area contributed by atoms with E-state index in [2.05, 4.69) is 58.1 Å². The lowest BCUT2D eigenvalue weighted by Gasteiger charge is -2.20. The van der Waals surface area contributed by atoms with Crippen LogP contribution in [0.2, 0.25) is 0 Å². The normalized spacial score (nSPS) is 17.0. The first-order valence-electron chi connectivity index (χ1n) is 7.44. The molecule has 0 unspecified atom stereocenters. The van der Waals surface area contributed by atoms with Gasteiger partial charge in [-0.05, 0) is 50.8 Å². The SMILES string of the molecule is Cc1cc(C2(CNC(C)C)CC2)ccc1OC(C)C. The van der Waals surface area contributed by atoms with E-state index in [0.717, 1.165) is 12.3 Å². The van der Waals surface area contributed by atoms with Crippen LogP contribution >= 0.6 is 0 Å². The molecule has 1 N–H and O–H groups in total. The van der Waals surface area contributed by atoms with Gasteiger partial charge in [-0.15, -0.1) is 0 Å². The Bertz CT molecular complexity index is 433. The number of aryl methyl sites for hydroxylation is 1. The summed E-state index contributed by atoms with van der Waals surface area (Å²) >= 11 is 0. The van der Waals surface area contributed by atoms with Crippen LogP contribution < -0.4 is 10.1 Å². The Labute approximate surface area is 117 Å². The Kier molecular flexibility index (Phi) is 4.19. The molecule has 1 aromatic rings. The van der Waals surface area contributed by atoms with Crippen molar-refractivity contribution in [3.63, 3.8) is 0 Å². The molecular formula is C17H27NO. The summed E-state index contributed by atoms with van der Waals surface area (Å²) in [7, 11) is 0. The van der Waals surface area contributed by atoms with Gasteiger partial charge in [-0.2, -0.15) is 0 Å². The minimum Gasteiger partial charge on any atom is -0.491 e. The van der Waals surface area contributed by atoms with Gasteiger partial charge in [0.15, 0.2) is 0 Å². The van der Waals surface area contributed by atoms with Crippen molar-refractivity contribution in [2.75, 3.05) is 6.54 Å². The largest absolute Gasteiger partial charge is 0.491 e. The first kappa shape index (κ1) is 14.4. The van der Waals surface area contributed by atoms with Gasteiger partial charge >= 0.3 is 0 Å². The Morgan fingerprint density at radius 3 is 2.37 bits per heavy atom. The average Bonchev–Trinajstić information content (AvgIpc) is 3.10. The molecule has 2 heteroatoms. The first-order valence-corrected chi connectivity index (χ1v) is 7.44. The Hall–Kier alpha value is -1.02. The topological polar surface area (TPSA) is 21.3 Å². The van der Waals surface area contributed by atoms with E-state index < -0.39 is 0 Å². The lowest BCUT2D eigenvalue weighted by Crippen LogP contribution is -2.32. The third kappa shape index (κ3) is 3.50. The number of nitrogens with one attached hydrogen (secondary N) is 1.